The van der Waals surface area contributed by atoms with E-state index < -0.39 is 0 Å². The van der Waals surface area contributed by atoms with E-state index >= 15 is 0 Å². The van der Waals surface area contributed by atoms with Crippen molar-refractivity contribution in [1.29, 1.82) is 0 Å². The summed E-state index contributed by atoms with van der Waals surface area (Å²) in [7, 11) is 0. The summed E-state index contributed by atoms with van der Waals surface area (Å²) in [4.78, 5) is 15.3. The molecule has 2 atom stereocenters. The fourth-order valence-corrected chi connectivity index (χ4v) is 5.42. The van der Waals surface area contributed by atoms with E-state index in [0.29, 0.717) is 27.7 Å². The number of carbonyl (C=O) groups is 1. The van der Waals surface area contributed by atoms with Crippen LogP contribution in [0.2, 0.25) is 15.1 Å². The Bertz CT molecular complexity index is 881. The van der Waals surface area contributed by atoms with Crippen LogP contribution < -0.4 is 10.2 Å². The molecule has 0 unspecified atom stereocenters. The van der Waals surface area contributed by atoms with Crippen molar-refractivity contribution in [3.8, 4) is 0 Å². The van der Waals surface area contributed by atoms with Crippen molar-refractivity contribution in [2.45, 2.75) is 57.0 Å². The molecule has 2 aromatic rings. The lowest BCUT2D eigenvalue weighted by Crippen LogP contribution is -2.47. The monoisotopic (exact) mass is 464 g/mol. The van der Waals surface area contributed by atoms with Crippen LogP contribution in [0.3, 0.4) is 0 Å². The number of carbonyl (C=O) groups excluding carboxylic acids is 1. The second-order valence-corrected chi connectivity index (χ2v) is 9.71. The van der Waals surface area contributed by atoms with Gasteiger partial charge in [-0.2, -0.15) is 0 Å². The zero-order valence-electron chi connectivity index (χ0n) is 16.9. The van der Waals surface area contributed by atoms with Gasteiger partial charge in [-0.15, -0.1) is 0 Å². The Labute approximate surface area is 193 Å². The molecule has 0 aromatic heterocycles. The number of hydrogen-bond acceptors (Lipinski definition) is 2. The molecule has 6 heteroatoms. The molecule has 1 saturated heterocycles. The topological polar surface area (TPSA) is 32.3 Å². The lowest BCUT2D eigenvalue weighted by atomic mass is 9.87. The Morgan fingerprint density at radius 3 is 2.27 bits per heavy atom. The number of anilines is 1. The highest BCUT2D eigenvalue weighted by Crippen LogP contribution is 2.40. The molecule has 1 N–H and O–H groups in total. The van der Waals surface area contributed by atoms with Crippen molar-refractivity contribution in [1.82, 2.24) is 5.32 Å². The number of hydrogen-bond donors (Lipinski definition) is 1. The molecule has 160 valence electrons. The molecule has 1 aliphatic carbocycles. The standard InChI is InChI=1S/C24H27Cl3N2O/c25-17-7-10-20(11-8-17)29-15-16(24(30)28-19-4-2-1-3-5-19)6-13-23(29)21-12-9-18(26)14-22(21)27/h7-12,14,16,19,23H,1-6,13,15H2,(H,28,30)/t16-,23-/m0/s1. The third-order valence-corrected chi connectivity index (χ3v) is 7.20. The first-order chi connectivity index (χ1) is 14.5. The molecule has 4 rings (SSSR count). The van der Waals surface area contributed by atoms with Gasteiger partial charge in [-0.1, -0.05) is 60.1 Å². The highest BCUT2D eigenvalue weighted by Gasteiger charge is 2.34. The molecule has 0 bridgehead atoms. The highest BCUT2D eigenvalue weighted by atomic mass is 35.5. The number of nitrogens with one attached hydrogen (secondary N) is 1. The van der Waals surface area contributed by atoms with Crippen LogP contribution in [0.4, 0.5) is 5.69 Å². The first-order valence-electron chi connectivity index (χ1n) is 10.8. The fourth-order valence-electron chi connectivity index (χ4n) is 4.76. The van der Waals surface area contributed by atoms with Crippen LogP contribution in [0.1, 0.15) is 56.6 Å². The molecule has 1 heterocycles. The molecule has 0 spiro atoms. The second-order valence-electron chi connectivity index (χ2n) is 8.43. The van der Waals surface area contributed by atoms with E-state index in [0.717, 1.165) is 36.9 Å². The van der Waals surface area contributed by atoms with Gasteiger partial charge < -0.3 is 10.2 Å². The van der Waals surface area contributed by atoms with Gasteiger partial charge in [0.2, 0.25) is 5.91 Å². The van der Waals surface area contributed by atoms with E-state index in [2.05, 4.69) is 10.2 Å². The lowest BCUT2D eigenvalue weighted by molar-refractivity contribution is -0.126. The van der Waals surface area contributed by atoms with Crippen LogP contribution in [0, 0.1) is 5.92 Å². The summed E-state index contributed by atoms with van der Waals surface area (Å²) < 4.78 is 0. The van der Waals surface area contributed by atoms with E-state index in [1.54, 1.807) is 6.07 Å². The number of amides is 1. The molecule has 1 aliphatic heterocycles. The average Bonchev–Trinajstić information content (AvgIpc) is 2.75. The van der Waals surface area contributed by atoms with Gasteiger partial charge >= 0.3 is 0 Å². The maximum absolute atomic E-state index is 13.0. The van der Waals surface area contributed by atoms with Crippen molar-refractivity contribution in [2.75, 3.05) is 11.4 Å². The number of halogens is 3. The van der Waals surface area contributed by atoms with Crippen LogP contribution >= 0.6 is 34.8 Å². The van der Waals surface area contributed by atoms with Gasteiger partial charge in [-0.3, -0.25) is 4.79 Å². The minimum Gasteiger partial charge on any atom is -0.364 e. The molecule has 2 aromatic carbocycles. The Morgan fingerprint density at radius 1 is 0.867 bits per heavy atom. The molecule has 2 fully saturated rings. The first kappa shape index (κ1) is 21.8. The van der Waals surface area contributed by atoms with Crippen LogP contribution in [-0.4, -0.2) is 18.5 Å². The first-order valence-corrected chi connectivity index (χ1v) is 11.9. The molecule has 1 saturated carbocycles. The van der Waals surface area contributed by atoms with Gasteiger partial charge in [0, 0.05) is 33.3 Å². The van der Waals surface area contributed by atoms with E-state index in [1.807, 2.05) is 36.4 Å². The average molecular weight is 466 g/mol. The van der Waals surface area contributed by atoms with Gasteiger partial charge in [0.15, 0.2) is 0 Å². The van der Waals surface area contributed by atoms with E-state index in [4.69, 9.17) is 34.8 Å². The van der Waals surface area contributed by atoms with E-state index in [9.17, 15) is 4.79 Å². The normalized spacial score (nSPS) is 22.7. The Hall–Kier alpha value is -1.42. The zero-order valence-corrected chi connectivity index (χ0v) is 19.2. The van der Waals surface area contributed by atoms with Crippen molar-refractivity contribution in [3.63, 3.8) is 0 Å². The van der Waals surface area contributed by atoms with Gasteiger partial charge in [0.25, 0.3) is 0 Å². The number of nitrogens with zero attached hydrogens (tertiary/aromatic N) is 1. The summed E-state index contributed by atoms with van der Waals surface area (Å²) in [6.07, 6.45) is 7.60. The smallest absolute Gasteiger partial charge is 0.225 e. The summed E-state index contributed by atoms with van der Waals surface area (Å²) in [5.41, 5.74) is 2.09. The Morgan fingerprint density at radius 2 is 1.57 bits per heavy atom. The quantitative estimate of drug-likeness (QED) is 0.524. The Kier molecular flexibility index (Phi) is 7.12. The molecule has 2 aliphatic rings. The van der Waals surface area contributed by atoms with Gasteiger partial charge in [-0.05, 0) is 67.6 Å². The highest BCUT2D eigenvalue weighted by molar-refractivity contribution is 6.35. The lowest BCUT2D eigenvalue weighted by Gasteiger charge is -2.42. The predicted molar refractivity (Wildman–Crippen MR) is 126 cm³/mol. The van der Waals surface area contributed by atoms with E-state index in [1.165, 1.54) is 19.3 Å². The molecule has 0 radical (unpaired) electrons. The zero-order chi connectivity index (χ0) is 21.1. The Balaban J connectivity index is 1.56. The van der Waals surface area contributed by atoms with Crippen LogP contribution in [0.5, 0.6) is 0 Å². The largest absolute Gasteiger partial charge is 0.364 e. The summed E-state index contributed by atoms with van der Waals surface area (Å²) in [5, 5.41) is 5.30. The molecular formula is C24H27Cl3N2O. The molecule has 1 amide bonds. The number of piperidine rings is 1. The minimum atomic E-state index is -0.0371. The van der Waals surface area contributed by atoms with Crippen molar-refractivity contribution >= 4 is 46.4 Å². The van der Waals surface area contributed by atoms with Gasteiger partial charge in [0.1, 0.15) is 0 Å². The van der Waals surface area contributed by atoms with Crippen LogP contribution in [0.25, 0.3) is 0 Å². The van der Waals surface area contributed by atoms with Gasteiger partial charge in [-0.25, -0.2) is 0 Å². The summed E-state index contributed by atoms with van der Waals surface area (Å²) >= 11 is 18.8. The summed E-state index contributed by atoms with van der Waals surface area (Å²) in [6.45, 7) is 0.657. The molecular weight excluding hydrogens is 439 g/mol. The second kappa shape index (κ2) is 9.80. The summed E-state index contributed by atoms with van der Waals surface area (Å²) in [5.74, 6) is 0.145. The number of rotatable bonds is 4. The SMILES string of the molecule is O=C(NC1CCCCC1)[C@H]1CC[C@@H](c2ccc(Cl)cc2Cl)N(c2ccc(Cl)cc2)C1. The maximum Gasteiger partial charge on any atom is 0.225 e. The van der Waals surface area contributed by atoms with Crippen molar-refractivity contribution < 1.29 is 4.79 Å². The minimum absolute atomic E-state index is 0.0371. The fraction of sp³-hybridized carbons (Fsp3) is 0.458. The van der Waals surface area contributed by atoms with Gasteiger partial charge in [0.05, 0.1) is 12.0 Å². The third kappa shape index (κ3) is 5.07. The maximum atomic E-state index is 13.0. The molecule has 3 nitrogen and oxygen atoms in total. The predicted octanol–water partition coefficient (Wildman–Crippen LogP) is 7.05. The third-order valence-electron chi connectivity index (χ3n) is 6.38. The van der Waals surface area contributed by atoms with Crippen LogP contribution in [0.15, 0.2) is 42.5 Å². The van der Waals surface area contributed by atoms with Crippen LogP contribution in [-0.2, 0) is 4.79 Å². The molecule has 30 heavy (non-hydrogen) atoms. The summed E-state index contributed by atoms with van der Waals surface area (Å²) in [6, 6.07) is 13.9. The number of benzene rings is 2. The van der Waals surface area contributed by atoms with Crippen molar-refractivity contribution in [3.05, 3.63) is 63.1 Å². The van der Waals surface area contributed by atoms with E-state index in [-0.39, 0.29) is 17.9 Å². The van der Waals surface area contributed by atoms with Crippen molar-refractivity contribution in [2.24, 2.45) is 5.92 Å².